The number of hydrogen-bond donors (Lipinski definition) is 1. The van der Waals surface area contributed by atoms with Crippen LogP contribution in [0.15, 0.2) is 60.9 Å². The molecule has 3 heteroatoms. The van der Waals surface area contributed by atoms with Gasteiger partial charge >= 0.3 is 0 Å². The average Bonchev–Trinajstić information content (AvgIpc) is 2.97. The van der Waals surface area contributed by atoms with E-state index in [0.717, 1.165) is 11.9 Å². The first-order chi connectivity index (χ1) is 10.3. The zero-order valence-electron chi connectivity index (χ0n) is 12.5. The molecule has 0 bridgehead atoms. The number of rotatable bonds is 5. The molecule has 0 aliphatic heterocycles. The third-order valence-electron chi connectivity index (χ3n) is 4.11. The third kappa shape index (κ3) is 2.57. The molecule has 2 atom stereocenters. The van der Waals surface area contributed by atoms with Crippen LogP contribution in [0.2, 0.25) is 0 Å². The molecule has 1 N–H and O–H groups in total. The second kappa shape index (κ2) is 6.10. The first kappa shape index (κ1) is 13.8. The van der Waals surface area contributed by atoms with Gasteiger partial charge in [-0.25, -0.2) is 4.98 Å². The third-order valence-corrected chi connectivity index (χ3v) is 4.11. The molecule has 2 unspecified atom stereocenters. The molecule has 0 amide bonds. The molecule has 0 aliphatic rings. The quantitative estimate of drug-likeness (QED) is 0.766. The Kier molecular flexibility index (Phi) is 4.02. The monoisotopic (exact) mass is 279 g/mol. The standard InChI is InChI=1S/C18H21N3/c1-3-16(18(19-2)14-9-5-4-6-10-14)21-13-20-15-11-7-8-12-17(15)21/h4-13,16,18-19H,3H2,1-2H3. The minimum absolute atomic E-state index is 0.272. The molecular formula is C18H21N3. The number of nitrogens with one attached hydrogen (secondary N) is 1. The molecule has 0 saturated carbocycles. The van der Waals surface area contributed by atoms with Crippen molar-refractivity contribution in [2.24, 2.45) is 0 Å². The molecule has 3 rings (SSSR count). The Hall–Kier alpha value is -2.13. The van der Waals surface area contributed by atoms with Crippen LogP contribution < -0.4 is 5.32 Å². The zero-order valence-corrected chi connectivity index (χ0v) is 12.5. The maximum absolute atomic E-state index is 4.53. The predicted octanol–water partition coefficient (Wildman–Crippen LogP) is 3.95. The van der Waals surface area contributed by atoms with Crippen LogP contribution in [-0.2, 0) is 0 Å². The molecule has 0 saturated heterocycles. The molecule has 0 radical (unpaired) electrons. The molecule has 0 fully saturated rings. The van der Waals surface area contributed by atoms with E-state index in [1.54, 1.807) is 0 Å². The Morgan fingerprint density at radius 1 is 1.05 bits per heavy atom. The summed E-state index contributed by atoms with van der Waals surface area (Å²) in [5, 5.41) is 3.47. The van der Waals surface area contributed by atoms with Crippen molar-refractivity contribution in [3.8, 4) is 0 Å². The number of benzene rings is 2. The fraction of sp³-hybridized carbons (Fsp3) is 0.278. The molecule has 1 heterocycles. The van der Waals surface area contributed by atoms with Crippen molar-refractivity contribution in [3.05, 3.63) is 66.5 Å². The van der Waals surface area contributed by atoms with Crippen LogP contribution in [0.4, 0.5) is 0 Å². The summed E-state index contributed by atoms with van der Waals surface area (Å²) in [6, 6.07) is 19.5. The van der Waals surface area contributed by atoms with Gasteiger partial charge in [0.05, 0.1) is 29.4 Å². The molecule has 21 heavy (non-hydrogen) atoms. The summed E-state index contributed by atoms with van der Waals surface area (Å²) in [6.45, 7) is 2.23. The lowest BCUT2D eigenvalue weighted by Gasteiger charge is -2.28. The maximum atomic E-state index is 4.53. The summed E-state index contributed by atoms with van der Waals surface area (Å²) in [5.41, 5.74) is 3.56. The van der Waals surface area contributed by atoms with Crippen molar-refractivity contribution in [3.63, 3.8) is 0 Å². The fourth-order valence-corrected chi connectivity index (χ4v) is 3.08. The largest absolute Gasteiger partial charge is 0.326 e. The molecule has 0 spiro atoms. The van der Waals surface area contributed by atoms with Crippen molar-refractivity contribution < 1.29 is 0 Å². The van der Waals surface area contributed by atoms with Crippen molar-refractivity contribution in [1.29, 1.82) is 0 Å². The number of para-hydroxylation sites is 2. The first-order valence-electron chi connectivity index (χ1n) is 7.49. The summed E-state index contributed by atoms with van der Waals surface area (Å²) in [6.07, 6.45) is 3.01. The first-order valence-corrected chi connectivity index (χ1v) is 7.49. The van der Waals surface area contributed by atoms with Gasteiger partial charge in [-0.15, -0.1) is 0 Å². The number of hydrogen-bond acceptors (Lipinski definition) is 2. The lowest BCUT2D eigenvalue weighted by molar-refractivity contribution is 0.370. The van der Waals surface area contributed by atoms with Gasteiger partial charge in [0.25, 0.3) is 0 Å². The van der Waals surface area contributed by atoms with Crippen LogP contribution in [-0.4, -0.2) is 16.6 Å². The lowest BCUT2D eigenvalue weighted by atomic mass is 9.97. The number of imidazole rings is 1. The molecule has 2 aromatic carbocycles. The van der Waals surface area contributed by atoms with Gasteiger partial charge in [-0.1, -0.05) is 49.4 Å². The Morgan fingerprint density at radius 3 is 2.48 bits per heavy atom. The highest BCUT2D eigenvalue weighted by Gasteiger charge is 2.22. The molecule has 1 aromatic heterocycles. The van der Waals surface area contributed by atoms with Crippen LogP contribution in [0.3, 0.4) is 0 Å². The van der Waals surface area contributed by atoms with Crippen molar-refractivity contribution >= 4 is 11.0 Å². The summed E-state index contributed by atoms with van der Waals surface area (Å²) in [7, 11) is 2.03. The normalized spacial score (nSPS) is 14.2. The van der Waals surface area contributed by atoms with Crippen molar-refractivity contribution in [2.75, 3.05) is 7.05 Å². The van der Waals surface area contributed by atoms with Crippen LogP contribution in [0.1, 0.15) is 31.0 Å². The highest BCUT2D eigenvalue weighted by Crippen LogP contribution is 2.31. The Labute approximate surface area is 125 Å². The summed E-state index contributed by atoms with van der Waals surface area (Å²) < 4.78 is 2.30. The van der Waals surface area contributed by atoms with Gasteiger partial charge in [0.1, 0.15) is 0 Å². The van der Waals surface area contributed by atoms with Crippen LogP contribution in [0.25, 0.3) is 11.0 Å². The molecule has 3 aromatic rings. The van der Waals surface area contributed by atoms with Gasteiger partial charge in [-0.3, -0.25) is 0 Å². The van der Waals surface area contributed by atoms with E-state index in [2.05, 4.69) is 70.3 Å². The van der Waals surface area contributed by atoms with E-state index in [4.69, 9.17) is 0 Å². The topological polar surface area (TPSA) is 29.9 Å². The van der Waals surface area contributed by atoms with Gasteiger partial charge in [0.15, 0.2) is 0 Å². The Morgan fingerprint density at radius 2 is 1.76 bits per heavy atom. The summed E-state index contributed by atoms with van der Waals surface area (Å²) >= 11 is 0. The van der Waals surface area contributed by atoms with E-state index < -0.39 is 0 Å². The van der Waals surface area contributed by atoms with Gasteiger partial charge in [0, 0.05) is 0 Å². The lowest BCUT2D eigenvalue weighted by Crippen LogP contribution is -2.27. The van der Waals surface area contributed by atoms with Gasteiger partial charge in [0.2, 0.25) is 0 Å². The SMILES string of the molecule is CCC(C(NC)c1ccccc1)n1cnc2ccccc21. The highest BCUT2D eigenvalue weighted by molar-refractivity contribution is 5.75. The van der Waals surface area contributed by atoms with Gasteiger partial charge in [-0.05, 0) is 31.2 Å². The highest BCUT2D eigenvalue weighted by atomic mass is 15.1. The van der Waals surface area contributed by atoms with E-state index in [1.165, 1.54) is 11.1 Å². The van der Waals surface area contributed by atoms with E-state index in [1.807, 2.05) is 19.4 Å². The second-order valence-corrected chi connectivity index (χ2v) is 5.29. The zero-order chi connectivity index (χ0) is 14.7. The predicted molar refractivity (Wildman–Crippen MR) is 87.3 cm³/mol. The minimum atomic E-state index is 0.272. The number of fused-ring (bicyclic) bond motifs is 1. The maximum Gasteiger partial charge on any atom is 0.0961 e. The Bertz CT molecular complexity index is 703. The molecule has 108 valence electrons. The number of aromatic nitrogens is 2. The average molecular weight is 279 g/mol. The van der Waals surface area contributed by atoms with Crippen LogP contribution in [0, 0.1) is 0 Å². The summed E-state index contributed by atoms with van der Waals surface area (Å²) in [5.74, 6) is 0. The van der Waals surface area contributed by atoms with E-state index >= 15 is 0 Å². The van der Waals surface area contributed by atoms with E-state index in [9.17, 15) is 0 Å². The molecule has 0 aliphatic carbocycles. The minimum Gasteiger partial charge on any atom is -0.326 e. The van der Waals surface area contributed by atoms with Crippen molar-refractivity contribution in [1.82, 2.24) is 14.9 Å². The van der Waals surface area contributed by atoms with Crippen LogP contribution >= 0.6 is 0 Å². The smallest absolute Gasteiger partial charge is 0.0961 e. The van der Waals surface area contributed by atoms with Crippen molar-refractivity contribution in [2.45, 2.75) is 25.4 Å². The second-order valence-electron chi connectivity index (χ2n) is 5.29. The van der Waals surface area contributed by atoms with E-state index in [-0.39, 0.29) is 6.04 Å². The van der Waals surface area contributed by atoms with Gasteiger partial charge < -0.3 is 9.88 Å². The Balaban J connectivity index is 2.04. The fourth-order valence-electron chi connectivity index (χ4n) is 3.08. The number of nitrogens with zero attached hydrogens (tertiary/aromatic N) is 2. The molecule has 3 nitrogen and oxygen atoms in total. The number of likely N-dealkylation sites (N-methyl/N-ethyl adjacent to an activating group) is 1. The van der Waals surface area contributed by atoms with Crippen LogP contribution in [0.5, 0.6) is 0 Å². The van der Waals surface area contributed by atoms with E-state index in [0.29, 0.717) is 6.04 Å². The van der Waals surface area contributed by atoms with Gasteiger partial charge in [-0.2, -0.15) is 0 Å². The molecular weight excluding hydrogens is 258 g/mol. The summed E-state index contributed by atoms with van der Waals surface area (Å²) in [4.78, 5) is 4.53.